The predicted octanol–water partition coefficient (Wildman–Crippen LogP) is 3.28. The van der Waals surface area contributed by atoms with Crippen LogP contribution in [0.2, 0.25) is 0 Å². The minimum atomic E-state index is -0.124. The molecule has 1 aliphatic rings. The highest BCUT2D eigenvalue weighted by atomic mass is 16.2. The standard InChI is InChI=1S/C21H21N3O2/c1-16(25)23(19-10-8-17(15-22)9-11-19)14-12-21(26)24-13-4-6-18-5-2-3-7-20(18)24/h2-3,5,7-11H,4,6,12-14H2,1H3. The maximum atomic E-state index is 12.8. The average Bonchev–Trinajstić information content (AvgIpc) is 2.67. The van der Waals surface area contributed by atoms with Gasteiger partial charge < -0.3 is 9.80 Å². The van der Waals surface area contributed by atoms with Crippen molar-refractivity contribution >= 4 is 23.2 Å². The van der Waals surface area contributed by atoms with Crippen LogP contribution < -0.4 is 9.80 Å². The first kappa shape index (κ1) is 17.7. The molecular weight excluding hydrogens is 326 g/mol. The van der Waals surface area contributed by atoms with Crippen LogP contribution in [0.4, 0.5) is 11.4 Å². The van der Waals surface area contributed by atoms with Crippen LogP contribution in [0, 0.1) is 11.3 Å². The van der Waals surface area contributed by atoms with E-state index in [1.54, 1.807) is 29.2 Å². The van der Waals surface area contributed by atoms with Gasteiger partial charge in [0, 0.05) is 37.8 Å². The molecule has 1 aliphatic heterocycles. The molecule has 5 heteroatoms. The minimum absolute atomic E-state index is 0.0250. The highest BCUT2D eigenvalue weighted by Crippen LogP contribution is 2.27. The van der Waals surface area contributed by atoms with Crippen molar-refractivity contribution in [2.45, 2.75) is 26.2 Å². The van der Waals surface area contributed by atoms with E-state index in [0.717, 1.165) is 18.5 Å². The summed E-state index contributed by atoms with van der Waals surface area (Å²) in [5.41, 5.74) is 3.42. The van der Waals surface area contributed by atoms with Crippen LogP contribution in [0.3, 0.4) is 0 Å². The van der Waals surface area contributed by atoms with Gasteiger partial charge in [-0.3, -0.25) is 9.59 Å². The molecule has 2 aromatic rings. The van der Waals surface area contributed by atoms with Crippen LogP contribution in [0.15, 0.2) is 48.5 Å². The minimum Gasteiger partial charge on any atom is -0.312 e. The van der Waals surface area contributed by atoms with E-state index in [1.165, 1.54) is 12.5 Å². The fourth-order valence-corrected chi connectivity index (χ4v) is 3.32. The van der Waals surface area contributed by atoms with E-state index >= 15 is 0 Å². The largest absolute Gasteiger partial charge is 0.312 e. The summed E-state index contributed by atoms with van der Waals surface area (Å²) in [6.07, 6.45) is 2.20. The lowest BCUT2D eigenvalue weighted by atomic mass is 10.0. The van der Waals surface area contributed by atoms with Crippen molar-refractivity contribution in [1.29, 1.82) is 5.26 Å². The summed E-state index contributed by atoms with van der Waals surface area (Å²) in [5.74, 6) is -0.0985. The molecule has 1 heterocycles. The SMILES string of the molecule is CC(=O)N(CCC(=O)N1CCCc2ccccc21)c1ccc(C#N)cc1. The quantitative estimate of drug-likeness (QED) is 0.852. The Morgan fingerprint density at radius 2 is 1.88 bits per heavy atom. The summed E-state index contributed by atoms with van der Waals surface area (Å²) in [7, 11) is 0. The van der Waals surface area contributed by atoms with Gasteiger partial charge in [-0.1, -0.05) is 18.2 Å². The normalized spacial score (nSPS) is 12.8. The Kier molecular flexibility index (Phi) is 5.33. The fourth-order valence-electron chi connectivity index (χ4n) is 3.32. The molecule has 0 saturated heterocycles. The van der Waals surface area contributed by atoms with Gasteiger partial charge in [0.1, 0.15) is 0 Å². The molecule has 132 valence electrons. The molecule has 5 nitrogen and oxygen atoms in total. The summed E-state index contributed by atoms with van der Waals surface area (Å²) in [5, 5.41) is 8.90. The molecule has 26 heavy (non-hydrogen) atoms. The molecule has 0 fully saturated rings. The topological polar surface area (TPSA) is 64.4 Å². The molecule has 0 aromatic heterocycles. The molecule has 2 amide bonds. The molecule has 0 radical (unpaired) electrons. The van der Waals surface area contributed by atoms with Crippen LogP contribution in [0.1, 0.15) is 30.9 Å². The molecule has 0 aliphatic carbocycles. The molecule has 3 rings (SSSR count). The third-order valence-corrected chi connectivity index (χ3v) is 4.65. The van der Waals surface area contributed by atoms with E-state index in [2.05, 4.69) is 12.1 Å². The molecule has 0 spiro atoms. The van der Waals surface area contributed by atoms with Crippen LogP contribution in [-0.2, 0) is 16.0 Å². The van der Waals surface area contributed by atoms with Crippen molar-refractivity contribution in [3.63, 3.8) is 0 Å². The summed E-state index contributed by atoms with van der Waals surface area (Å²) in [6.45, 7) is 2.52. The van der Waals surface area contributed by atoms with Crippen LogP contribution in [-0.4, -0.2) is 24.9 Å². The van der Waals surface area contributed by atoms with Crippen molar-refractivity contribution in [2.75, 3.05) is 22.9 Å². The summed E-state index contributed by atoms with van der Waals surface area (Å²) in [4.78, 5) is 28.2. The van der Waals surface area contributed by atoms with Crippen LogP contribution in [0.5, 0.6) is 0 Å². The zero-order chi connectivity index (χ0) is 18.5. The van der Waals surface area contributed by atoms with Gasteiger partial charge in [0.15, 0.2) is 0 Å². The number of para-hydroxylation sites is 1. The van der Waals surface area contributed by atoms with Gasteiger partial charge in [-0.2, -0.15) is 5.26 Å². The number of carbonyl (C=O) groups is 2. The molecule has 0 bridgehead atoms. The number of nitriles is 1. The number of aryl methyl sites for hydroxylation is 1. The van der Waals surface area contributed by atoms with E-state index < -0.39 is 0 Å². The van der Waals surface area contributed by atoms with Gasteiger partial charge in [-0.25, -0.2) is 0 Å². The van der Waals surface area contributed by atoms with Crippen LogP contribution >= 0.6 is 0 Å². The van der Waals surface area contributed by atoms with Gasteiger partial charge >= 0.3 is 0 Å². The number of fused-ring (bicyclic) bond motifs is 1. The second-order valence-corrected chi connectivity index (χ2v) is 6.36. The van der Waals surface area contributed by atoms with Gasteiger partial charge in [0.2, 0.25) is 11.8 Å². The zero-order valence-electron chi connectivity index (χ0n) is 14.8. The first-order chi connectivity index (χ1) is 12.6. The first-order valence-electron chi connectivity index (χ1n) is 8.76. The van der Waals surface area contributed by atoms with Crippen molar-refractivity contribution in [2.24, 2.45) is 0 Å². The Hall–Kier alpha value is -3.13. The summed E-state index contributed by atoms with van der Waals surface area (Å²) < 4.78 is 0. The van der Waals surface area contributed by atoms with Crippen molar-refractivity contribution in [3.8, 4) is 6.07 Å². The van der Waals surface area contributed by atoms with Crippen molar-refractivity contribution in [3.05, 3.63) is 59.7 Å². The average molecular weight is 347 g/mol. The third kappa shape index (κ3) is 3.75. The maximum absolute atomic E-state index is 12.8. The van der Waals surface area contributed by atoms with Gasteiger partial charge in [-0.15, -0.1) is 0 Å². The van der Waals surface area contributed by atoms with E-state index in [4.69, 9.17) is 5.26 Å². The van der Waals surface area contributed by atoms with Gasteiger partial charge in [-0.05, 0) is 48.7 Å². The van der Waals surface area contributed by atoms with E-state index in [9.17, 15) is 9.59 Å². The Balaban J connectivity index is 1.71. The lowest BCUT2D eigenvalue weighted by Crippen LogP contribution is -2.38. The number of amides is 2. The molecule has 0 N–H and O–H groups in total. The first-order valence-corrected chi connectivity index (χ1v) is 8.76. The van der Waals surface area contributed by atoms with E-state index in [1.807, 2.05) is 23.1 Å². The molecule has 0 saturated carbocycles. The van der Waals surface area contributed by atoms with Gasteiger partial charge in [0.05, 0.1) is 11.6 Å². The van der Waals surface area contributed by atoms with Crippen LogP contribution in [0.25, 0.3) is 0 Å². The molecule has 0 unspecified atom stereocenters. The van der Waals surface area contributed by atoms with E-state index in [0.29, 0.717) is 24.3 Å². The zero-order valence-corrected chi connectivity index (χ0v) is 14.8. The predicted molar refractivity (Wildman–Crippen MR) is 101 cm³/mol. The second-order valence-electron chi connectivity index (χ2n) is 6.36. The highest BCUT2D eigenvalue weighted by Gasteiger charge is 2.23. The number of rotatable bonds is 4. The number of carbonyl (C=O) groups excluding carboxylic acids is 2. The number of hydrogen-bond donors (Lipinski definition) is 0. The highest BCUT2D eigenvalue weighted by molar-refractivity contribution is 5.97. The molecular formula is C21H21N3O2. The number of nitrogens with zero attached hydrogens (tertiary/aromatic N) is 3. The smallest absolute Gasteiger partial charge is 0.228 e. The monoisotopic (exact) mass is 347 g/mol. The van der Waals surface area contributed by atoms with E-state index in [-0.39, 0.29) is 18.2 Å². The molecule has 2 aromatic carbocycles. The Bertz CT molecular complexity index is 852. The molecule has 0 atom stereocenters. The Morgan fingerprint density at radius 3 is 2.58 bits per heavy atom. The Labute approximate surface area is 153 Å². The number of anilines is 2. The maximum Gasteiger partial charge on any atom is 0.228 e. The Morgan fingerprint density at radius 1 is 1.15 bits per heavy atom. The summed E-state index contributed by atoms with van der Waals surface area (Å²) >= 11 is 0. The van der Waals surface area contributed by atoms with Gasteiger partial charge in [0.25, 0.3) is 0 Å². The fraction of sp³-hybridized carbons (Fsp3) is 0.286. The number of benzene rings is 2. The summed E-state index contributed by atoms with van der Waals surface area (Å²) in [6, 6.07) is 16.9. The van der Waals surface area contributed by atoms with Crippen molar-refractivity contribution in [1.82, 2.24) is 0 Å². The lowest BCUT2D eigenvalue weighted by molar-refractivity contribution is -0.118. The lowest BCUT2D eigenvalue weighted by Gasteiger charge is -2.30. The third-order valence-electron chi connectivity index (χ3n) is 4.65. The number of hydrogen-bond acceptors (Lipinski definition) is 3. The second kappa shape index (κ2) is 7.83. The van der Waals surface area contributed by atoms with Crippen molar-refractivity contribution < 1.29 is 9.59 Å².